The molecule has 0 unspecified atom stereocenters. The van der Waals surface area contributed by atoms with Gasteiger partial charge in [-0.15, -0.1) is 0 Å². The number of benzene rings is 9. The van der Waals surface area contributed by atoms with E-state index in [1.165, 1.54) is 66.7 Å². The van der Waals surface area contributed by atoms with Gasteiger partial charge in [-0.25, -0.2) is 8.78 Å². The van der Waals surface area contributed by atoms with Crippen molar-refractivity contribution >= 4 is 82.6 Å². The smallest absolute Gasteiger partial charge is 0.125 e. The van der Waals surface area contributed by atoms with E-state index in [-0.39, 0.29) is 16.3 Å². The lowest BCUT2D eigenvalue weighted by molar-refractivity contribution is 0.627. The SMILES string of the molecule is C[Si](C)(C)C1([Si](C)(C)C)c2cc3cc(N(c4ccccc4)c4cccc(F)c4)ccc3cc2-c2c1c1ccc(N(c3ccccc3)c3cccc(F)c3)cc1c1ccccc21. The first-order valence-corrected chi connectivity index (χ1v) is 28.1. The maximum atomic E-state index is 14.9. The third-order valence-electron chi connectivity index (χ3n) is 12.9. The molecule has 61 heavy (non-hydrogen) atoms. The molecule has 1 aliphatic rings. The minimum Gasteiger partial charge on any atom is -0.310 e. The van der Waals surface area contributed by atoms with Gasteiger partial charge in [-0.2, -0.15) is 0 Å². The van der Waals surface area contributed by atoms with E-state index in [9.17, 15) is 8.78 Å². The van der Waals surface area contributed by atoms with Crippen molar-refractivity contribution in [3.63, 3.8) is 0 Å². The van der Waals surface area contributed by atoms with Gasteiger partial charge in [-0.05, 0) is 146 Å². The Kier molecular flexibility index (Phi) is 9.16. The molecule has 0 atom stereocenters. The van der Waals surface area contributed by atoms with Crippen LogP contribution in [0.3, 0.4) is 0 Å². The molecule has 300 valence electrons. The minimum absolute atomic E-state index is 0.165. The number of anilines is 6. The van der Waals surface area contributed by atoms with Gasteiger partial charge in [0.2, 0.25) is 0 Å². The number of rotatable bonds is 8. The van der Waals surface area contributed by atoms with Crippen molar-refractivity contribution in [3.05, 3.63) is 205 Å². The highest BCUT2D eigenvalue weighted by atomic mass is 28.4. The Morgan fingerprint density at radius 3 is 1.43 bits per heavy atom. The van der Waals surface area contributed by atoms with E-state index in [4.69, 9.17) is 0 Å². The van der Waals surface area contributed by atoms with Crippen LogP contribution in [-0.4, -0.2) is 16.1 Å². The Labute approximate surface area is 359 Å². The molecule has 0 aliphatic heterocycles. The number of hydrogen-bond acceptors (Lipinski definition) is 2. The monoisotopic (exact) mass is 830 g/mol. The number of hydrogen-bond donors (Lipinski definition) is 0. The summed E-state index contributed by atoms with van der Waals surface area (Å²) in [6.07, 6.45) is 0. The number of fused-ring (bicyclic) bond motifs is 9. The van der Waals surface area contributed by atoms with Gasteiger partial charge in [0.05, 0.1) is 16.1 Å². The molecule has 0 heterocycles. The second kappa shape index (κ2) is 14.4. The molecule has 2 nitrogen and oxygen atoms in total. The molecule has 6 heteroatoms. The van der Waals surface area contributed by atoms with Gasteiger partial charge in [0.1, 0.15) is 11.6 Å². The van der Waals surface area contributed by atoms with Crippen LogP contribution < -0.4 is 9.80 Å². The number of para-hydroxylation sites is 2. The standard InChI is InChI=1S/C55H48F2N2Si2/c1-60(2,3)55(61(4,5)6)52-33-38-31-45(58(41-19-9-7-10-20-41)43-23-15-17-39(56)34-43)28-27-37(38)32-51(52)53-48-26-14-13-25-47(48)50-36-46(29-30-49(50)54(53)55)59(42-21-11-8-12-22-42)44-24-16-18-40(57)35-44/h7-36H,1-6H3. The summed E-state index contributed by atoms with van der Waals surface area (Å²) in [6.45, 7) is 15.4. The van der Waals surface area contributed by atoms with Crippen LogP contribution >= 0.6 is 0 Å². The Bertz CT molecular complexity index is 3140. The van der Waals surface area contributed by atoms with Gasteiger partial charge in [0.15, 0.2) is 0 Å². The maximum Gasteiger partial charge on any atom is 0.125 e. The summed E-state index contributed by atoms with van der Waals surface area (Å²) in [5.41, 5.74) is 11.1. The average Bonchev–Trinajstić information content (AvgIpc) is 3.56. The van der Waals surface area contributed by atoms with E-state index >= 15 is 0 Å². The topological polar surface area (TPSA) is 6.48 Å². The van der Waals surface area contributed by atoms with Gasteiger partial charge in [-0.1, -0.05) is 130 Å². The largest absolute Gasteiger partial charge is 0.310 e. The molecule has 0 radical (unpaired) electrons. The maximum absolute atomic E-state index is 14.9. The summed E-state index contributed by atoms with van der Waals surface area (Å²) in [6, 6.07) is 61.8. The highest BCUT2D eigenvalue weighted by molar-refractivity contribution is 7.00. The van der Waals surface area contributed by atoms with E-state index in [0.717, 1.165) is 34.1 Å². The van der Waals surface area contributed by atoms with Crippen LogP contribution in [0.1, 0.15) is 11.1 Å². The zero-order chi connectivity index (χ0) is 42.3. The van der Waals surface area contributed by atoms with Crippen LogP contribution in [0.4, 0.5) is 42.9 Å². The van der Waals surface area contributed by atoms with Gasteiger partial charge in [0, 0.05) is 38.8 Å². The summed E-state index contributed by atoms with van der Waals surface area (Å²) in [4.78, 5) is 4.31. The molecule has 1 aliphatic carbocycles. The predicted octanol–water partition coefficient (Wildman–Crippen LogP) is 16.4. The lowest BCUT2D eigenvalue weighted by Crippen LogP contribution is -2.63. The van der Waals surface area contributed by atoms with Crippen LogP contribution in [0.5, 0.6) is 0 Å². The van der Waals surface area contributed by atoms with Crippen molar-refractivity contribution in [2.75, 3.05) is 9.80 Å². The fraction of sp³-hybridized carbons (Fsp3) is 0.127. The van der Waals surface area contributed by atoms with Crippen molar-refractivity contribution in [2.45, 2.75) is 43.9 Å². The molecule has 9 aromatic rings. The highest BCUT2D eigenvalue weighted by Crippen LogP contribution is 2.62. The molecule has 0 aromatic heterocycles. The quantitative estimate of drug-likeness (QED) is 0.111. The summed E-state index contributed by atoms with van der Waals surface area (Å²) in [7, 11) is -4.28. The zero-order valence-electron chi connectivity index (χ0n) is 35.5. The first kappa shape index (κ1) is 38.8. The van der Waals surface area contributed by atoms with Gasteiger partial charge in [0.25, 0.3) is 0 Å². The number of nitrogens with zero attached hydrogens (tertiary/aromatic N) is 2. The molecule has 0 saturated heterocycles. The molecule has 10 rings (SSSR count). The van der Waals surface area contributed by atoms with E-state index in [1.54, 1.807) is 24.3 Å². The highest BCUT2D eigenvalue weighted by Gasteiger charge is 2.60. The van der Waals surface area contributed by atoms with Crippen LogP contribution in [0, 0.1) is 11.6 Å². The molecule has 0 N–H and O–H groups in total. The van der Waals surface area contributed by atoms with Crippen molar-refractivity contribution in [1.82, 2.24) is 0 Å². The van der Waals surface area contributed by atoms with Gasteiger partial charge < -0.3 is 9.80 Å². The lowest BCUT2D eigenvalue weighted by atomic mass is 9.90. The minimum atomic E-state index is -2.14. The van der Waals surface area contributed by atoms with Crippen molar-refractivity contribution in [2.24, 2.45) is 0 Å². The predicted molar refractivity (Wildman–Crippen MR) is 261 cm³/mol. The molecule has 0 saturated carbocycles. The van der Waals surface area contributed by atoms with Crippen LogP contribution in [-0.2, 0) is 4.66 Å². The first-order valence-electron chi connectivity index (χ1n) is 21.1. The van der Waals surface area contributed by atoms with Crippen LogP contribution in [0.2, 0.25) is 39.3 Å². The van der Waals surface area contributed by atoms with Crippen molar-refractivity contribution in [1.29, 1.82) is 0 Å². The molecule has 9 aromatic carbocycles. The average molecular weight is 831 g/mol. The summed E-state index contributed by atoms with van der Waals surface area (Å²) in [5, 5.41) is 7.32. The zero-order valence-corrected chi connectivity index (χ0v) is 37.5. The third kappa shape index (κ3) is 6.14. The fourth-order valence-electron chi connectivity index (χ4n) is 11.0. The number of halogens is 2. The normalized spacial score (nSPS) is 13.4. The van der Waals surface area contributed by atoms with E-state index < -0.39 is 16.1 Å². The molecular weight excluding hydrogens is 783 g/mol. The van der Waals surface area contributed by atoms with Crippen LogP contribution in [0.15, 0.2) is 182 Å². The van der Waals surface area contributed by atoms with E-state index in [0.29, 0.717) is 0 Å². The Morgan fingerprint density at radius 1 is 0.377 bits per heavy atom. The third-order valence-corrected chi connectivity index (χ3v) is 23.0. The molecule has 0 bridgehead atoms. The van der Waals surface area contributed by atoms with E-state index in [1.807, 2.05) is 48.5 Å². The second-order valence-electron chi connectivity index (χ2n) is 18.5. The Morgan fingerprint density at radius 2 is 0.869 bits per heavy atom. The molecule has 0 fully saturated rings. The second-order valence-corrected chi connectivity index (χ2v) is 29.5. The Balaban J connectivity index is 1.26. The Hall–Kier alpha value is -6.35. The molecule has 0 amide bonds. The summed E-state index contributed by atoms with van der Waals surface area (Å²) in [5.74, 6) is -0.533. The van der Waals surface area contributed by atoms with Crippen LogP contribution in [0.25, 0.3) is 43.4 Å². The summed E-state index contributed by atoms with van der Waals surface area (Å²) >= 11 is 0. The van der Waals surface area contributed by atoms with Crippen molar-refractivity contribution < 1.29 is 8.78 Å². The van der Waals surface area contributed by atoms with Gasteiger partial charge in [-0.3, -0.25) is 0 Å². The molecular formula is C55H48F2N2Si2. The lowest BCUT2D eigenvalue weighted by Gasteiger charge is -2.51. The first-order chi connectivity index (χ1) is 29.3. The summed E-state index contributed by atoms with van der Waals surface area (Å²) < 4.78 is 29.6. The molecule has 0 spiro atoms. The fourth-order valence-corrected chi connectivity index (χ4v) is 24.1. The van der Waals surface area contributed by atoms with Crippen molar-refractivity contribution in [3.8, 4) is 11.1 Å². The van der Waals surface area contributed by atoms with Gasteiger partial charge >= 0.3 is 0 Å². The van der Waals surface area contributed by atoms with E-state index in [2.05, 4.69) is 146 Å².